The summed E-state index contributed by atoms with van der Waals surface area (Å²) in [5.74, 6) is 1.75. The molecule has 1 saturated heterocycles. The summed E-state index contributed by atoms with van der Waals surface area (Å²) in [6.45, 7) is 10.9. The Morgan fingerprint density at radius 1 is 1.35 bits per heavy atom. The third-order valence-electron chi connectivity index (χ3n) is 4.85. The van der Waals surface area contributed by atoms with Gasteiger partial charge in [0.2, 0.25) is 0 Å². The van der Waals surface area contributed by atoms with Crippen LogP contribution in [0.1, 0.15) is 31.9 Å². The normalized spacial score (nSPS) is 24.6. The summed E-state index contributed by atoms with van der Waals surface area (Å²) in [6.07, 6.45) is 6.77. The lowest BCUT2D eigenvalue weighted by Gasteiger charge is -2.31. The molecule has 1 aliphatic rings. The molecule has 126 valence electrons. The Kier molecular flexibility index (Phi) is 5.53. The third-order valence-corrected chi connectivity index (χ3v) is 8.24. The Bertz CT molecular complexity index is 611. The lowest BCUT2D eigenvalue weighted by molar-refractivity contribution is -0.107. The Balaban J connectivity index is 2.02. The van der Waals surface area contributed by atoms with Gasteiger partial charge in [0, 0.05) is 5.75 Å². The number of hydrogen-bond donors (Lipinski definition) is 0. The fourth-order valence-corrected chi connectivity index (χ4v) is 4.44. The average Bonchev–Trinajstić information content (AvgIpc) is 3.31. The average molecular weight is 333 g/mol. The van der Waals surface area contributed by atoms with Crippen molar-refractivity contribution in [3.05, 3.63) is 59.7 Å². The molecule has 0 N–H and O–H groups in total. The highest BCUT2D eigenvalue weighted by molar-refractivity contribution is 8.44. The van der Waals surface area contributed by atoms with E-state index < -0.39 is 10.0 Å². The van der Waals surface area contributed by atoms with Crippen molar-refractivity contribution in [2.24, 2.45) is 0 Å². The van der Waals surface area contributed by atoms with Gasteiger partial charge in [-0.2, -0.15) is 10.0 Å². The minimum Gasteiger partial charge on any atom is -0.365 e. The molecule has 23 heavy (non-hydrogen) atoms. The zero-order valence-corrected chi connectivity index (χ0v) is 15.5. The van der Waals surface area contributed by atoms with Gasteiger partial charge in [-0.3, -0.25) is 4.79 Å². The first-order valence-corrected chi connectivity index (χ1v) is 10.5. The fraction of sp³-hybridized carbons (Fsp3) is 0.450. The molecule has 1 heterocycles. The molecule has 1 fully saturated rings. The van der Waals surface area contributed by atoms with Crippen molar-refractivity contribution >= 4 is 15.1 Å². The maximum Gasteiger partial charge on any atom is 0.194 e. The monoisotopic (exact) mass is 332 g/mol. The van der Waals surface area contributed by atoms with E-state index in [2.05, 4.69) is 63.9 Å². The number of allylic oxidation sites excluding steroid dienone is 1. The molecule has 0 saturated carbocycles. The van der Waals surface area contributed by atoms with Gasteiger partial charge in [0.05, 0.1) is 6.61 Å². The van der Waals surface area contributed by atoms with Crippen LogP contribution in [0.2, 0.25) is 0 Å². The van der Waals surface area contributed by atoms with Gasteiger partial charge in [-0.15, -0.1) is 0 Å². The van der Waals surface area contributed by atoms with Crippen molar-refractivity contribution in [1.29, 1.82) is 0 Å². The molecule has 2 nitrogen and oxygen atoms in total. The van der Waals surface area contributed by atoms with Gasteiger partial charge >= 0.3 is 0 Å². The SMILES string of the molecule is C=CC(=O)S(C)(CC)Cc1ccc(C/C=C(\C)C2(C)CO2)cc1. The van der Waals surface area contributed by atoms with E-state index in [-0.39, 0.29) is 10.7 Å². The van der Waals surface area contributed by atoms with Crippen LogP contribution in [0.15, 0.2) is 48.6 Å². The number of carbonyl (C=O) groups excluding carboxylic acids is 1. The van der Waals surface area contributed by atoms with Gasteiger partial charge in [0.1, 0.15) is 5.60 Å². The zero-order chi connectivity index (χ0) is 17.1. The summed E-state index contributed by atoms with van der Waals surface area (Å²) in [7, 11) is -1.29. The summed E-state index contributed by atoms with van der Waals surface area (Å²) in [5, 5.41) is 0.209. The van der Waals surface area contributed by atoms with Crippen LogP contribution < -0.4 is 0 Å². The second-order valence-electron chi connectivity index (χ2n) is 6.66. The molecule has 0 amide bonds. The molecule has 2 atom stereocenters. The Morgan fingerprint density at radius 3 is 2.39 bits per heavy atom. The van der Waals surface area contributed by atoms with Crippen LogP contribution in [0.3, 0.4) is 0 Å². The molecular weight excluding hydrogens is 304 g/mol. The molecule has 1 aromatic rings. The highest BCUT2D eigenvalue weighted by Gasteiger charge is 2.40. The quantitative estimate of drug-likeness (QED) is 0.414. The Hall–Kier alpha value is -1.32. The second kappa shape index (κ2) is 7.06. The summed E-state index contributed by atoms with van der Waals surface area (Å²) in [6, 6.07) is 8.66. The molecule has 0 spiro atoms. The van der Waals surface area contributed by atoms with Gasteiger partial charge < -0.3 is 4.74 Å². The van der Waals surface area contributed by atoms with E-state index >= 15 is 0 Å². The van der Waals surface area contributed by atoms with E-state index in [9.17, 15) is 4.79 Å². The Morgan fingerprint density at radius 2 is 1.91 bits per heavy atom. The van der Waals surface area contributed by atoms with Gasteiger partial charge in [0.15, 0.2) is 5.12 Å². The predicted octanol–water partition coefficient (Wildman–Crippen LogP) is 4.63. The summed E-state index contributed by atoms with van der Waals surface area (Å²) in [4.78, 5) is 12.1. The van der Waals surface area contributed by atoms with E-state index in [1.165, 1.54) is 22.8 Å². The van der Waals surface area contributed by atoms with Crippen molar-refractivity contribution < 1.29 is 9.53 Å². The molecule has 2 unspecified atom stereocenters. The maximum absolute atomic E-state index is 12.1. The van der Waals surface area contributed by atoms with E-state index in [1.807, 2.05) is 0 Å². The van der Waals surface area contributed by atoms with Crippen LogP contribution >= 0.6 is 10.0 Å². The number of benzene rings is 1. The first kappa shape index (κ1) is 18.0. The minimum atomic E-state index is -1.29. The van der Waals surface area contributed by atoms with Gasteiger partial charge in [-0.25, -0.2) is 0 Å². The third kappa shape index (κ3) is 4.36. The standard InChI is InChI=1S/C20H28O2S/c1-6-19(21)23(5,7-2)14-18-12-10-17(11-13-18)9-8-16(3)20(4)15-22-20/h6,8,10-13H,1,7,9,14-15H2,2-5H3/b16-8+. The van der Waals surface area contributed by atoms with Crippen LogP contribution in [0.25, 0.3) is 0 Å². The maximum atomic E-state index is 12.1. The number of rotatable bonds is 7. The largest absolute Gasteiger partial charge is 0.365 e. The highest BCUT2D eigenvalue weighted by atomic mass is 32.3. The summed E-state index contributed by atoms with van der Waals surface area (Å²) >= 11 is 0. The van der Waals surface area contributed by atoms with Crippen LogP contribution in [0, 0.1) is 0 Å². The molecule has 0 bridgehead atoms. The molecule has 0 aliphatic carbocycles. The topological polar surface area (TPSA) is 29.6 Å². The summed E-state index contributed by atoms with van der Waals surface area (Å²) < 4.78 is 5.46. The zero-order valence-electron chi connectivity index (χ0n) is 14.7. The van der Waals surface area contributed by atoms with Crippen LogP contribution in [-0.2, 0) is 21.7 Å². The fourth-order valence-electron chi connectivity index (χ4n) is 2.48. The molecule has 0 aromatic heterocycles. The summed E-state index contributed by atoms with van der Waals surface area (Å²) in [5.41, 5.74) is 3.82. The number of carbonyl (C=O) groups is 1. The van der Waals surface area contributed by atoms with E-state index in [4.69, 9.17) is 4.74 Å². The first-order valence-electron chi connectivity index (χ1n) is 8.12. The van der Waals surface area contributed by atoms with E-state index in [1.54, 1.807) is 0 Å². The lowest BCUT2D eigenvalue weighted by atomic mass is 10.0. The predicted molar refractivity (Wildman–Crippen MR) is 101 cm³/mol. The van der Waals surface area contributed by atoms with Gasteiger partial charge in [-0.05, 0) is 55.1 Å². The van der Waals surface area contributed by atoms with Crippen LogP contribution in [0.4, 0.5) is 0 Å². The first-order chi connectivity index (χ1) is 10.8. The smallest absolute Gasteiger partial charge is 0.194 e. The van der Waals surface area contributed by atoms with Gasteiger partial charge in [-0.1, -0.05) is 43.8 Å². The lowest BCUT2D eigenvalue weighted by Crippen LogP contribution is -2.13. The highest BCUT2D eigenvalue weighted by Crippen LogP contribution is 2.48. The molecule has 2 rings (SSSR count). The van der Waals surface area contributed by atoms with E-state index in [0.29, 0.717) is 0 Å². The molecule has 0 radical (unpaired) electrons. The number of epoxide rings is 1. The van der Waals surface area contributed by atoms with Crippen LogP contribution in [0.5, 0.6) is 0 Å². The molecule has 1 aromatic carbocycles. The number of ether oxygens (including phenoxy) is 1. The minimum absolute atomic E-state index is 0.0166. The van der Waals surface area contributed by atoms with Crippen molar-refractivity contribution in [3.63, 3.8) is 0 Å². The van der Waals surface area contributed by atoms with Crippen molar-refractivity contribution in [2.75, 3.05) is 18.6 Å². The van der Waals surface area contributed by atoms with E-state index in [0.717, 1.165) is 24.5 Å². The van der Waals surface area contributed by atoms with Crippen molar-refractivity contribution in [3.8, 4) is 0 Å². The molecule has 1 aliphatic heterocycles. The van der Waals surface area contributed by atoms with Crippen molar-refractivity contribution in [2.45, 2.75) is 38.5 Å². The molecule has 3 heteroatoms. The van der Waals surface area contributed by atoms with Crippen LogP contribution in [-0.4, -0.2) is 29.3 Å². The van der Waals surface area contributed by atoms with Crippen molar-refractivity contribution in [1.82, 2.24) is 0 Å². The van der Waals surface area contributed by atoms with Gasteiger partial charge in [0.25, 0.3) is 0 Å². The number of hydrogen-bond acceptors (Lipinski definition) is 2. The Labute approximate surface area is 141 Å². The second-order valence-corrected chi connectivity index (χ2v) is 10.5. The molecular formula is C20H28O2S.